The van der Waals surface area contributed by atoms with Crippen molar-refractivity contribution in [1.29, 1.82) is 0 Å². The highest BCUT2D eigenvalue weighted by molar-refractivity contribution is 7.80. The summed E-state index contributed by atoms with van der Waals surface area (Å²) >= 11 is 5.00. The van der Waals surface area contributed by atoms with Crippen molar-refractivity contribution >= 4 is 17.4 Å². The lowest BCUT2D eigenvalue weighted by atomic mass is 10.2. The van der Waals surface area contributed by atoms with E-state index in [2.05, 4.69) is 0 Å². The van der Waals surface area contributed by atoms with Crippen molar-refractivity contribution in [3.8, 4) is 5.75 Å². The van der Waals surface area contributed by atoms with Gasteiger partial charge in [0.05, 0.1) is 0 Å². The van der Waals surface area contributed by atoms with Crippen LogP contribution in [0.3, 0.4) is 0 Å². The number of benzene rings is 1. The van der Waals surface area contributed by atoms with Crippen LogP contribution in [0.1, 0.15) is 5.56 Å². The van der Waals surface area contributed by atoms with Crippen LogP contribution < -0.4 is 4.74 Å². The highest BCUT2D eigenvalue weighted by atomic mass is 32.1. The van der Waals surface area contributed by atoms with E-state index in [0.717, 1.165) is 5.75 Å². The van der Waals surface area contributed by atoms with Gasteiger partial charge >= 0.3 is 0 Å². The van der Waals surface area contributed by atoms with E-state index in [1.807, 2.05) is 45.3 Å². The molecule has 1 rings (SSSR count). The predicted molar refractivity (Wildman–Crippen MR) is 58.1 cm³/mol. The first-order valence-electron chi connectivity index (χ1n) is 4.05. The predicted octanol–water partition coefficient (Wildman–Crippen LogP) is 2.22. The van der Waals surface area contributed by atoms with Crippen molar-refractivity contribution in [2.45, 2.75) is 6.92 Å². The Morgan fingerprint density at radius 2 is 1.77 bits per heavy atom. The average molecular weight is 195 g/mol. The summed E-state index contributed by atoms with van der Waals surface area (Å²) in [5.41, 5.74) is 1.21. The van der Waals surface area contributed by atoms with Gasteiger partial charge in [-0.1, -0.05) is 17.7 Å². The SMILES string of the molecule is Cc1ccc(OC(=S)N(C)C)cc1. The lowest BCUT2D eigenvalue weighted by molar-refractivity contribution is 0.449. The van der Waals surface area contributed by atoms with Crippen LogP contribution in [0.2, 0.25) is 0 Å². The fourth-order valence-electron chi connectivity index (χ4n) is 0.798. The first-order chi connectivity index (χ1) is 6.09. The van der Waals surface area contributed by atoms with E-state index in [0.29, 0.717) is 5.17 Å². The van der Waals surface area contributed by atoms with Crippen LogP contribution >= 0.6 is 12.2 Å². The maximum Gasteiger partial charge on any atom is 0.264 e. The third-order valence-corrected chi connectivity index (χ3v) is 2.04. The largest absolute Gasteiger partial charge is 0.432 e. The molecule has 2 nitrogen and oxygen atoms in total. The Bertz CT molecular complexity index is 292. The van der Waals surface area contributed by atoms with Gasteiger partial charge in [0.15, 0.2) is 0 Å². The molecule has 0 N–H and O–H groups in total. The van der Waals surface area contributed by atoms with E-state index in [-0.39, 0.29) is 0 Å². The average Bonchev–Trinajstić information content (AvgIpc) is 2.08. The van der Waals surface area contributed by atoms with Gasteiger partial charge < -0.3 is 9.64 Å². The first-order valence-corrected chi connectivity index (χ1v) is 4.46. The van der Waals surface area contributed by atoms with Gasteiger partial charge in [-0.05, 0) is 31.3 Å². The van der Waals surface area contributed by atoms with E-state index in [1.165, 1.54) is 5.56 Å². The molecule has 0 atom stereocenters. The van der Waals surface area contributed by atoms with Gasteiger partial charge in [-0.25, -0.2) is 0 Å². The summed E-state index contributed by atoms with van der Waals surface area (Å²) in [6.45, 7) is 2.04. The Labute approximate surface area is 84.1 Å². The number of rotatable bonds is 1. The molecular weight excluding hydrogens is 182 g/mol. The molecule has 0 fully saturated rings. The molecule has 1 aromatic carbocycles. The molecule has 0 saturated heterocycles. The quantitative estimate of drug-likeness (QED) is 0.638. The molecule has 0 aliphatic heterocycles. The maximum atomic E-state index is 5.39. The zero-order valence-electron chi connectivity index (χ0n) is 8.07. The minimum Gasteiger partial charge on any atom is -0.432 e. The smallest absolute Gasteiger partial charge is 0.264 e. The van der Waals surface area contributed by atoms with Crippen LogP contribution in [0, 0.1) is 6.92 Å². The number of nitrogens with zero attached hydrogens (tertiary/aromatic N) is 1. The molecule has 0 radical (unpaired) electrons. The summed E-state index contributed by atoms with van der Waals surface area (Å²) in [5, 5.41) is 0.476. The van der Waals surface area contributed by atoms with Crippen LogP contribution in [0.25, 0.3) is 0 Å². The number of hydrogen-bond acceptors (Lipinski definition) is 2. The summed E-state index contributed by atoms with van der Waals surface area (Å²) in [7, 11) is 3.72. The second-order valence-corrected chi connectivity index (χ2v) is 3.42. The van der Waals surface area contributed by atoms with Gasteiger partial charge in [0, 0.05) is 14.1 Å². The topological polar surface area (TPSA) is 12.5 Å². The minimum absolute atomic E-state index is 0.476. The van der Waals surface area contributed by atoms with Crippen molar-refractivity contribution in [2.24, 2.45) is 0 Å². The summed E-state index contributed by atoms with van der Waals surface area (Å²) in [4.78, 5) is 1.76. The second-order valence-electron chi connectivity index (χ2n) is 3.08. The minimum atomic E-state index is 0.476. The molecule has 0 heterocycles. The van der Waals surface area contributed by atoms with Crippen LogP contribution in [-0.2, 0) is 0 Å². The van der Waals surface area contributed by atoms with Crippen molar-refractivity contribution in [1.82, 2.24) is 4.90 Å². The Morgan fingerprint density at radius 3 is 2.23 bits per heavy atom. The van der Waals surface area contributed by atoms with Gasteiger partial charge in [-0.15, -0.1) is 0 Å². The van der Waals surface area contributed by atoms with Gasteiger partial charge in [-0.2, -0.15) is 0 Å². The summed E-state index contributed by atoms with van der Waals surface area (Å²) in [6.07, 6.45) is 0. The summed E-state index contributed by atoms with van der Waals surface area (Å²) in [5.74, 6) is 0.782. The second kappa shape index (κ2) is 4.23. The van der Waals surface area contributed by atoms with Crippen molar-refractivity contribution in [2.75, 3.05) is 14.1 Å². The Balaban J connectivity index is 2.65. The number of aryl methyl sites for hydroxylation is 1. The van der Waals surface area contributed by atoms with Gasteiger partial charge in [0.1, 0.15) is 5.75 Å². The van der Waals surface area contributed by atoms with Gasteiger partial charge in [0.25, 0.3) is 5.17 Å². The van der Waals surface area contributed by atoms with E-state index in [4.69, 9.17) is 17.0 Å². The van der Waals surface area contributed by atoms with Crippen molar-refractivity contribution < 1.29 is 4.74 Å². The molecular formula is C10H13NOS. The monoisotopic (exact) mass is 195 g/mol. The number of hydrogen-bond donors (Lipinski definition) is 0. The van der Waals surface area contributed by atoms with E-state index < -0.39 is 0 Å². The zero-order valence-corrected chi connectivity index (χ0v) is 8.89. The molecule has 0 amide bonds. The normalized spacial score (nSPS) is 9.46. The molecule has 0 aliphatic carbocycles. The molecule has 0 bridgehead atoms. The van der Waals surface area contributed by atoms with Crippen LogP contribution in [0.5, 0.6) is 5.75 Å². The van der Waals surface area contributed by atoms with Crippen LogP contribution in [0.15, 0.2) is 24.3 Å². The number of thiocarbonyl (C=S) groups is 1. The van der Waals surface area contributed by atoms with Gasteiger partial charge in [-0.3, -0.25) is 0 Å². The fourth-order valence-corrected chi connectivity index (χ4v) is 0.895. The van der Waals surface area contributed by atoms with Crippen LogP contribution in [-0.4, -0.2) is 24.2 Å². The standard InChI is InChI=1S/C10H13NOS/c1-8-4-6-9(7-5-8)12-10(13)11(2)3/h4-7H,1-3H3. The molecule has 0 unspecified atom stereocenters. The highest BCUT2D eigenvalue weighted by Crippen LogP contribution is 2.12. The van der Waals surface area contributed by atoms with Crippen molar-refractivity contribution in [3.63, 3.8) is 0 Å². The third kappa shape index (κ3) is 3.03. The van der Waals surface area contributed by atoms with E-state index in [1.54, 1.807) is 4.90 Å². The lowest BCUT2D eigenvalue weighted by Gasteiger charge is -2.13. The summed E-state index contributed by atoms with van der Waals surface area (Å²) in [6, 6.07) is 7.80. The Hall–Kier alpha value is -1.09. The highest BCUT2D eigenvalue weighted by Gasteiger charge is 2.00. The zero-order chi connectivity index (χ0) is 9.84. The molecule has 13 heavy (non-hydrogen) atoms. The van der Waals surface area contributed by atoms with Crippen molar-refractivity contribution in [3.05, 3.63) is 29.8 Å². The molecule has 1 aromatic rings. The molecule has 0 saturated carbocycles. The van der Waals surface area contributed by atoms with Gasteiger partial charge in [0.2, 0.25) is 0 Å². The maximum absolute atomic E-state index is 5.39. The molecule has 70 valence electrons. The van der Waals surface area contributed by atoms with Crippen LogP contribution in [0.4, 0.5) is 0 Å². The Kier molecular flexibility index (Phi) is 3.25. The summed E-state index contributed by atoms with van der Waals surface area (Å²) < 4.78 is 5.39. The molecule has 0 spiro atoms. The first kappa shape index (κ1) is 9.99. The molecule has 0 aliphatic rings. The van der Waals surface area contributed by atoms with E-state index >= 15 is 0 Å². The third-order valence-electron chi connectivity index (χ3n) is 1.59. The molecule has 0 aromatic heterocycles. The number of ether oxygens (including phenoxy) is 1. The molecule has 3 heteroatoms. The van der Waals surface area contributed by atoms with E-state index in [9.17, 15) is 0 Å². The lowest BCUT2D eigenvalue weighted by Crippen LogP contribution is -2.24. The fraction of sp³-hybridized carbons (Fsp3) is 0.300. The Morgan fingerprint density at radius 1 is 1.23 bits per heavy atom.